The standard InChI is InChI=1S/C16H20ClN3O3/c1-15(2,3)18-12(21)9-20-13(22)16(4,19-14(20)23)10-5-7-11(17)8-6-10/h5-8H,9H2,1-4H3,(H,18,21)(H,19,23)/t16-/m1/s1. The van der Waals surface area contributed by atoms with E-state index in [1.54, 1.807) is 31.2 Å². The number of imide groups is 1. The minimum atomic E-state index is -1.20. The third-order valence-electron chi connectivity index (χ3n) is 3.51. The van der Waals surface area contributed by atoms with E-state index in [2.05, 4.69) is 10.6 Å². The maximum atomic E-state index is 12.7. The molecule has 23 heavy (non-hydrogen) atoms. The quantitative estimate of drug-likeness (QED) is 0.828. The van der Waals surface area contributed by atoms with Gasteiger partial charge in [-0.3, -0.25) is 14.5 Å². The van der Waals surface area contributed by atoms with Gasteiger partial charge in [0.25, 0.3) is 5.91 Å². The van der Waals surface area contributed by atoms with Gasteiger partial charge in [-0.1, -0.05) is 23.7 Å². The molecule has 7 heteroatoms. The third-order valence-corrected chi connectivity index (χ3v) is 3.76. The topological polar surface area (TPSA) is 78.5 Å². The van der Waals surface area contributed by atoms with Gasteiger partial charge in [0.05, 0.1) is 0 Å². The van der Waals surface area contributed by atoms with Crippen molar-refractivity contribution in [3.05, 3.63) is 34.9 Å². The molecular formula is C16H20ClN3O3. The molecule has 0 unspecified atom stereocenters. The van der Waals surface area contributed by atoms with E-state index >= 15 is 0 Å². The summed E-state index contributed by atoms with van der Waals surface area (Å²) in [7, 11) is 0. The highest BCUT2D eigenvalue weighted by Gasteiger charge is 2.49. The molecule has 124 valence electrons. The molecule has 0 radical (unpaired) electrons. The van der Waals surface area contributed by atoms with Crippen molar-refractivity contribution < 1.29 is 14.4 Å². The number of hydrogen-bond donors (Lipinski definition) is 2. The molecule has 0 aliphatic carbocycles. The first-order chi connectivity index (χ1) is 10.5. The zero-order chi connectivity index (χ0) is 17.4. The van der Waals surface area contributed by atoms with Crippen LogP contribution in [0.25, 0.3) is 0 Å². The maximum absolute atomic E-state index is 12.7. The zero-order valence-corrected chi connectivity index (χ0v) is 14.3. The lowest BCUT2D eigenvalue weighted by Gasteiger charge is -2.24. The molecule has 0 spiro atoms. The number of halogens is 1. The van der Waals surface area contributed by atoms with E-state index in [1.807, 2.05) is 20.8 Å². The molecule has 2 rings (SSSR count). The van der Waals surface area contributed by atoms with Crippen LogP contribution in [0.4, 0.5) is 4.79 Å². The first-order valence-electron chi connectivity index (χ1n) is 7.24. The molecule has 1 aromatic carbocycles. The van der Waals surface area contributed by atoms with Crippen LogP contribution in [0.3, 0.4) is 0 Å². The molecule has 4 amide bonds. The van der Waals surface area contributed by atoms with Crippen molar-refractivity contribution >= 4 is 29.4 Å². The number of carbonyl (C=O) groups excluding carboxylic acids is 3. The van der Waals surface area contributed by atoms with Crippen LogP contribution in [0.1, 0.15) is 33.3 Å². The van der Waals surface area contributed by atoms with Gasteiger partial charge < -0.3 is 10.6 Å². The smallest absolute Gasteiger partial charge is 0.325 e. The van der Waals surface area contributed by atoms with Gasteiger partial charge in [0.1, 0.15) is 12.1 Å². The monoisotopic (exact) mass is 337 g/mol. The second-order valence-corrected chi connectivity index (χ2v) is 7.19. The number of carbonyl (C=O) groups is 3. The Morgan fingerprint density at radius 3 is 2.35 bits per heavy atom. The van der Waals surface area contributed by atoms with Crippen LogP contribution < -0.4 is 10.6 Å². The van der Waals surface area contributed by atoms with E-state index in [1.165, 1.54) is 0 Å². The molecule has 1 heterocycles. The number of benzene rings is 1. The lowest BCUT2D eigenvalue weighted by Crippen LogP contribution is -2.48. The van der Waals surface area contributed by atoms with Crippen molar-refractivity contribution in [2.75, 3.05) is 6.54 Å². The molecular weight excluding hydrogens is 318 g/mol. The van der Waals surface area contributed by atoms with Crippen LogP contribution >= 0.6 is 11.6 Å². The predicted molar refractivity (Wildman–Crippen MR) is 86.9 cm³/mol. The highest BCUT2D eigenvalue weighted by atomic mass is 35.5. The lowest BCUT2D eigenvalue weighted by atomic mass is 9.92. The van der Waals surface area contributed by atoms with E-state index in [-0.39, 0.29) is 12.5 Å². The van der Waals surface area contributed by atoms with Gasteiger partial charge in [-0.05, 0) is 45.4 Å². The number of hydrogen-bond acceptors (Lipinski definition) is 3. The maximum Gasteiger partial charge on any atom is 0.325 e. The number of nitrogens with one attached hydrogen (secondary N) is 2. The van der Waals surface area contributed by atoms with Gasteiger partial charge in [0.15, 0.2) is 0 Å². The zero-order valence-electron chi connectivity index (χ0n) is 13.6. The van der Waals surface area contributed by atoms with Gasteiger partial charge in [-0.25, -0.2) is 4.79 Å². The highest BCUT2D eigenvalue weighted by molar-refractivity contribution is 6.30. The number of rotatable bonds is 3. The van der Waals surface area contributed by atoms with E-state index in [0.29, 0.717) is 10.6 Å². The molecule has 1 atom stereocenters. The minimum Gasteiger partial charge on any atom is -0.350 e. The van der Waals surface area contributed by atoms with Crippen LogP contribution in [0.5, 0.6) is 0 Å². The Labute approximate surface area is 140 Å². The molecule has 0 bridgehead atoms. The Hall–Kier alpha value is -2.08. The van der Waals surface area contributed by atoms with Crippen molar-refractivity contribution in [1.82, 2.24) is 15.5 Å². The van der Waals surface area contributed by atoms with E-state index in [0.717, 1.165) is 4.90 Å². The second kappa shape index (κ2) is 5.85. The Balaban J connectivity index is 2.19. The minimum absolute atomic E-state index is 0.314. The summed E-state index contributed by atoms with van der Waals surface area (Å²) < 4.78 is 0. The van der Waals surface area contributed by atoms with Crippen LogP contribution in [-0.4, -0.2) is 34.8 Å². The molecule has 1 aromatic rings. The lowest BCUT2D eigenvalue weighted by molar-refractivity contribution is -0.135. The van der Waals surface area contributed by atoms with Crippen molar-refractivity contribution in [1.29, 1.82) is 0 Å². The van der Waals surface area contributed by atoms with E-state index < -0.39 is 23.0 Å². The molecule has 1 aliphatic rings. The summed E-state index contributed by atoms with van der Waals surface area (Å²) in [6, 6.07) is 6.07. The number of amides is 4. The fourth-order valence-electron chi connectivity index (χ4n) is 2.42. The van der Waals surface area contributed by atoms with Gasteiger partial charge in [0.2, 0.25) is 5.91 Å². The van der Waals surface area contributed by atoms with Gasteiger partial charge >= 0.3 is 6.03 Å². The van der Waals surface area contributed by atoms with Crippen molar-refractivity contribution in [2.24, 2.45) is 0 Å². The molecule has 1 saturated heterocycles. The molecule has 0 saturated carbocycles. The van der Waals surface area contributed by atoms with Crippen molar-refractivity contribution in [3.8, 4) is 0 Å². The second-order valence-electron chi connectivity index (χ2n) is 6.75. The summed E-state index contributed by atoms with van der Waals surface area (Å²) in [4.78, 5) is 37.7. The normalized spacial score (nSPS) is 21.3. The summed E-state index contributed by atoms with van der Waals surface area (Å²) in [5.41, 5.74) is -1.03. The first kappa shape index (κ1) is 17.3. The Kier molecular flexibility index (Phi) is 4.39. The molecule has 1 aliphatic heterocycles. The molecule has 6 nitrogen and oxygen atoms in total. The van der Waals surface area contributed by atoms with Gasteiger partial charge in [-0.15, -0.1) is 0 Å². The van der Waals surface area contributed by atoms with Gasteiger partial charge in [-0.2, -0.15) is 0 Å². The number of urea groups is 1. The van der Waals surface area contributed by atoms with Gasteiger partial charge in [0, 0.05) is 10.6 Å². The fourth-order valence-corrected chi connectivity index (χ4v) is 2.55. The molecule has 1 fully saturated rings. The molecule has 0 aromatic heterocycles. The van der Waals surface area contributed by atoms with E-state index in [4.69, 9.17) is 11.6 Å². The summed E-state index contributed by atoms with van der Waals surface area (Å²) in [5.74, 6) is -0.852. The average molecular weight is 338 g/mol. The Bertz CT molecular complexity index is 652. The fraction of sp³-hybridized carbons (Fsp3) is 0.438. The average Bonchev–Trinajstić information content (AvgIpc) is 2.62. The molecule has 2 N–H and O–H groups in total. The SMILES string of the molecule is CC(C)(C)NC(=O)CN1C(=O)N[C@](C)(c2ccc(Cl)cc2)C1=O. The largest absolute Gasteiger partial charge is 0.350 e. The van der Waals surface area contributed by atoms with Crippen LogP contribution in [-0.2, 0) is 15.1 Å². The van der Waals surface area contributed by atoms with Crippen LogP contribution in [0, 0.1) is 0 Å². The highest BCUT2D eigenvalue weighted by Crippen LogP contribution is 2.29. The van der Waals surface area contributed by atoms with E-state index in [9.17, 15) is 14.4 Å². The van der Waals surface area contributed by atoms with Crippen LogP contribution in [0.15, 0.2) is 24.3 Å². The van der Waals surface area contributed by atoms with Crippen molar-refractivity contribution in [3.63, 3.8) is 0 Å². The van der Waals surface area contributed by atoms with Crippen LogP contribution in [0.2, 0.25) is 5.02 Å². The predicted octanol–water partition coefficient (Wildman–Crippen LogP) is 2.02. The summed E-state index contributed by atoms with van der Waals surface area (Å²) in [5, 5.41) is 5.92. The Morgan fingerprint density at radius 1 is 1.26 bits per heavy atom. The first-order valence-corrected chi connectivity index (χ1v) is 7.62. The summed E-state index contributed by atoms with van der Waals surface area (Å²) in [6.45, 7) is 6.78. The summed E-state index contributed by atoms with van der Waals surface area (Å²) in [6.07, 6.45) is 0. The Morgan fingerprint density at radius 2 is 1.83 bits per heavy atom. The third kappa shape index (κ3) is 3.64. The van der Waals surface area contributed by atoms with Crippen molar-refractivity contribution in [2.45, 2.75) is 38.8 Å². The number of nitrogens with zero attached hydrogens (tertiary/aromatic N) is 1. The summed E-state index contributed by atoms with van der Waals surface area (Å²) >= 11 is 5.85.